The number of esters is 1. The first-order valence-electron chi connectivity index (χ1n) is 12.8. The Balaban J connectivity index is 0.000000648. The van der Waals surface area contributed by atoms with E-state index in [9.17, 15) is 18.0 Å². The van der Waals surface area contributed by atoms with Crippen LogP contribution in [-0.2, 0) is 22.4 Å². The Morgan fingerprint density at radius 2 is 1.90 bits per heavy atom. The van der Waals surface area contributed by atoms with Crippen LogP contribution in [0.15, 0.2) is 42.6 Å². The topological polar surface area (TPSA) is 68.7 Å². The normalized spacial score (nSPS) is 12.8. The van der Waals surface area contributed by atoms with E-state index in [2.05, 4.69) is 4.98 Å². The number of halogens is 3. The van der Waals surface area contributed by atoms with Gasteiger partial charge in [0.05, 0.1) is 36.3 Å². The van der Waals surface area contributed by atoms with Crippen LogP contribution in [0.5, 0.6) is 5.75 Å². The van der Waals surface area contributed by atoms with E-state index in [0.29, 0.717) is 45.3 Å². The van der Waals surface area contributed by atoms with Crippen molar-refractivity contribution in [1.29, 1.82) is 0 Å². The summed E-state index contributed by atoms with van der Waals surface area (Å²) in [6.07, 6.45) is -0.532. The summed E-state index contributed by atoms with van der Waals surface area (Å²) >= 11 is 0. The van der Waals surface area contributed by atoms with Crippen LogP contribution in [0.3, 0.4) is 0 Å². The van der Waals surface area contributed by atoms with Crippen molar-refractivity contribution in [3.8, 4) is 16.9 Å². The predicted molar refractivity (Wildman–Crippen MR) is 146 cm³/mol. The van der Waals surface area contributed by atoms with E-state index >= 15 is 0 Å². The minimum atomic E-state index is -2.94. The second kappa shape index (κ2) is 11.2. The van der Waals surface area contributed by atoms with Crippen LogP contribution in [0.4, 0.5) is 13.2 Å². The number of fused-ring (bicyclic) bond motifs is 1. The van der Waals surface area contributed by atoms with Gasteiger partial charge in [-0.15, -0.1) is 0 Å². The van der Waals surface area contributed by atoms with E-state index in [1.165, 1.54) is 6.07 Å². The maximum Gasteiger partial charge on any atom is 0.310 e. The molecule has 0 bridgehead atoms. The summed E-state index contributed by atoms with van der Waals surface area (Å²) in [7, 11) is 0. The number of rotatable bonds is 5. The molecule has 4 aromatic rings. The molecule has 0 unspecified atom stereocenters. The van der Waals surface area contributed by atoms with Crippen molar-refractivity contribution in [1.82, 2.24) is 4.98 Å². The van der Waals surface area contributed by atoms with Gasteiger partial charge in [-0.3, -0.25) is 9.78 Å². The third-order valence-electron chi connectivity index (χ3n) is 6.29. The summed E-state index contributed by atoms with van der Waals surface area (Å²) in [5.74, 6) is -0.702. The zero-order chi connectivity index (χ0) is 28.5. The summed E-state index contributed by atoms with van der Waals surface area (Å²) in [6.45, 7) is 9.56. The van der Waals surface area contributed by atoms with Crippen LogP contribution in [-0.4, -0.2) is 34.9 Å². The third kappa shape index (κ3) is 6.17. The van der Waals surface area contributed by atoms with E-state index in [0.717, 1.165) is 29.0 Å². The number of pyridine rings is 1. The molecular weight excluding hydrogens is 507 g/mol. The molecular formula is C31H32F3NO4. The SMILES string of the molecule is CC(C)(C)O.CCOC(=O)Cc1c(C)cc2cc(C(F)F)c(F)cc2c1-c1ccc2c3c(ccnc13)CCO2. The van der Waals surface area contributed by atoms with Crippen molar-refractivity contribution in [2.45, 2.75) is 59.5 Å². The van der Waals surface area contributed by atoms with Crippen molar-refractivity contribution < 1.29 is 32.5 Å². The molecule has 0 radical (unpaired) electrons. The lowest BCUT2D eigenvalue weighted by Gasteiger charge is -2.22. The van der Waals surface area contributed by atoms with E-state index in [1.807, 2.05) is 25.1 Å². The molecule has 0 spiro atoms. The van der Waals surface area contributed by atoms with Crippen LogP contribution in [0.1, 0.15) is 56.4 Å². The van der Waals surface area contributed by atoms with E-state index in [4.69, 9.17) is 14.6 Å². The van der Waals surface area contributed by atoms with Crippen molar-refractivity contribution in [2.75, 3.05) is 13.2 Å². The predicted octanol–water partition coefficient (Wildman–Crippen LogP) is 7.26. The lowest BCUT2D eigenvalue weighted by molar-refractivity contribution is -0.142. The van der Waals surface area contributed by atoms with E-state index < -0.39 is 29.4 Å². The number of alkyl halides is 2. The molecule has 1 aromatic heterocycles. The largest absolute Gasteiger partial charge is 0.493 e. The van der Waals surface area contributed by atoms with Crippen LogP contribution >= 0.6 is 0 Å². The number of benzene rings is 3. The highest BCUT2D eigenvalue weighted by Gasteiger charge is 2.24. The molecule has 39 heavy (non-hydrogen) atoms. The minimum Gasteiger partial charge on any atom is -0.493 e. The molecule has 1 aliphatic rings. The Bertz CT molecular complexity index is 1530. The monoisotopic (exact) mass is 539 g/mol. The first-order valence-corrected chi connectivity index (χ1v) is 12.8. The summed E-state index contributed by atoms with van der Waals surface area (Å²) in [4.78, 5) is 17.1. The Morgan fingerprint density at radius 3 is 2.56 bits per heavy atom. The lowest BCUT2D eigenvalue weighted by atomic mass is 9.86. The van der Waals surface area contributed by atoms with Gasteiger partial charge in [-0.25, -0.2) is 13.2 Å². The second-order valence-corrected chi connectivity index (χ2v) is 10.5. The van der Waals surface area contributed by atoms with Gasteiger partial charge in [0, 0.05) is 23.6 Å². The number of hydrogen-bond donors (Lipinski definition) is 1. The molecule has 0 atom stereocenters. The van der Waals surface area contributed by atoms with E-state index in [1.54, 1.807) is 40.0 Å². The number of aromatic nitrogens is 1. The van der Waals surface area contributed by atoms with Gasteiger partial charge in [0.2, 0.25) is 0 Å². The molecule has 0 aliphatic carbocycles. The van der Waals surface area contributed by atoms with Gasteiger partial charge in [-0.1, -0.05) is 6.07 Å². The molecule has 5 rings (SSSR count). The number of carbonyl (C=O) groups excluding carboxylic acids is 1. The first kappa shape index (κ1) is 28.4. The number of ether oxygens (including phenoxy) is 2. The Hall–Kier alpha value is -3.65. The average molecular weight is 540 g/mol. The maximum absolute atomic E-state index is 14.8. The van der Waals surface area contributed by atoms with E-state index in [-0.39, 0.29) is 13.0 Å². The Morgan fingerprint density at radius 1 is 1.18 bits per heavy atom. The van der Waals surface area contributed by atoms with Gasteiger partial charge in [0.25, 0.3) is 6.43 Å². The summed E-state index contributed by atoms with van der Waals surface area (Å²) in [5.41, 5.74) is 3.23. The molecule has 0 saturated heterocycles. The summed E-state index contributed by atoms with van der Waals surface area (Å²) in [5, 5.41) is 10.3. The van der Waals surface area contributed by atoms with Gasteiger partial charge in [-0.2, -0.15) is 0 Å². The average Bonchev–Trinajstić information content (AvgIpc) is 2.85. The van der Waals surface area contributed by atoms with Crippen molar-refractivity contribution in [3.05, 3.63) is 70.7 Å². The molecule has 0 fully saturated rings. The van der Waals surface area contributed by atoms with Gasteiger partial charge in [0.15, 0.2) is 0 Å². The number of aliphatic hydroxyl groups is 1. The third-order valence-corrected chi connectivity index (χ3v) is 6.29. The van der Waals surface area contributed by atoms with Gasteiger partial charge in [0.1, 0.15) is 11.6 Å². The molecule has 3 aromatic carbocycles. The van der Waals surface area contributed by atoms with Gasteiger partial charge < -0.3 is 14.6 Å². The maximum atomic E-state index is 14.8. The van der Waals surface area contributed by atoms with Crippen LogP contribution in [0, 0.1) is 12.7 Å². The molecule has 2 heterocycles. The Kier molecular flexibility index (Phi) is 8.16. The van der Waals surface area contributed by atoms with Crippen LogP contribution < -0.4 is 4.74 Å². The number of carbonyl (C=O) groups is 1. The fourth-order valence-corrected chi connectivity index (χ4v) is 4.79. The standard InChI is InChI=1S/C27H22F3NO3.C4H10O/c1-3-33-23(32)13-18-14(2)10-16-11-20(27(29)30)21(28)12-19(16)25(18)17-4-5-22-24-15(7-9-34-22)6-8-31-26(17)24;1-4(2,3)5/h4-6,8,10-12,27H,3,7,9,13H2,1-2H3;5H,1-3H3. The molecule has 0 amide bonds. The molecule has 5 nitrogen and oxygen atoms in total. The first-order chi connectivity index (χ1) is 18.4. The van der Waals surface area contributed by atoms with Gasteiger partial charge in [-0.05, 0) is 98.0 Å². The fraction of sp³-hybridized carbons (Fsp3) is 0.355. The highest BCUT2D eigenvalue weighted by molar-refractivity contribution is 6.08. The zero-order valence-electron chi connectivity index (χ0n) is 22.7. The molecule has 8 heteroatoms. The summed E-state index contributed by atoms with van der Waals surface area (Å²) in [6, 6.07) is 9.64. The summed E-state index contributed by atoms with van der Waals surface area (Å²) < 4.78 is 52.7. The Labute approximate surface area is 225 Å². The zero-order valence-corrected chi connectivity index (χ0v) is 22.7. The number of hydrogen-bond acceptors (Lipinski definition) is 5. The fourth-order valence-electron chi connectivity index (χ4n) is 4.79. The highest BCUT2D eigenvalue weighted by atomic mass is 19.3. The lowest BCUT2D eigenvalue weighted by Crippen LogP contribution is -2.11. The van der Waals surface area contributed by atoms with Gasteiger partial charge >= 0.3 is 5.97 Å². The van der Waals surface area contributed by atoms with Crippen LogP contribution in [0.25, 0.3) is 32.8 Å². The number of nitrogens with zero attached hydrogens (tertiary/aromatic N) is 1. The second-order valence-electron chi connectivity index (χ2n) is 10.5. The van der Waals surface area contributed by atoms with Crippen LogP contribution in [0.2, 0.25) is 0 Å². The van der Waals surface area contributed by atoms with Crippen molar-refractivity contribution in [3.63, 3.8) is 0 Å². The molecule has 1 aliphatic heterocycles. The molecule has 0 saturated carbocycles. The van der Waals surface area contributed by atoms with Crippen molar-refractivity contribution in [2.24, 2.45) is 0 Å². The smallest absolute Gasteiger partial charge is 0.310 e. The highest BCUT2D eigenvalue weighted by Crippen LogP contribution is 2.43. The molecule has 206 valence electrons. The molecule has 1 N–H and O–H groups in total. The van der Waals surface area contributed by atoms with Crippen molar-refractivity contribution >= 4 is 27.6 Å². The minimum absolute atomic E-state index is 0.0391. The number of aryl methyl sites for hydroxylation is 1. The quantitative estimate of drug-likeness (QED) is 0.271.